The molecule has 0 fully saturated rings. The highest BCUT2D eigenvalue weighted by Gasteiger charge is 2.31. The van der Waals surface area contributed by atoms with E-state index in [-0.39, 0.29) is 17.0 Å². The summed E-state index contributed by atoms with van der Waals surface area (Å²) in [6.45, 7) is 4.00. The van der Waals surface area contributed by atoms with Crippen molar-refractivity contribution in [3.05, 3.63) is 138 Å². The number of rotatable bonds is 4. The number of nitrogens with zero attached hydrogens (tertiary/aromatic N) is 2. The minimum Gasteiger partial charge on any atom is -0.397 e. The van der Waals surface area contributed by atoms with Gasteiger partial charge in [-0.3, -0.25) is 19.4 Å². The summed E-state index contributed by atoms with van der Waals surface area (Å²) in [5, 5.41) is 0. The molecular weight excluding hydrogens is 742 g/mol. The number of nitrogen functional groups attached to an aromatic ring is 2. The number of hydrogen-bond acceptors (Lipinski definition) is 6. The van der Waals surface area contributed by atoms with Gasteiger partial charge in [0.2, 0.25) is 0 Å². The van der Waals surface area contributed by atoms with Crippen LogP contribution in [0.25, 0.3) is 11.0 Å². The molecule has 2 aliphatic heterocycles. The molecule has 0 spiro atoms. The van der Waals surface area contributed by atoms with Crippen molar-refractivity contribution in [3.8, 4) is 0 Å². The van der Waals surface area contributed by atoms with Gasteiger partial charge in [-0.05, 0) is 82.6 Å². The SMILES string of the molecule is Br.Nc1ccc2c(c1N)CCN(Cc1ccc(C(F)(F)F)cc1)C2.O=c1[nH]c2ccc3c(c2[nH]c1=O)CCN(Cc1ccc(C(F)(F)F)cc1)C3. The molecule has 0 saturated heterocycles. The first-order valence-electron chi connectivity index (χ1n) is 15.9. The fraction of sp³-hybridized carbons (Fsp3) is 0.278. The van der Waals surface area contributed by atoms with Gasteiger partial charge in [0.15, 0.2) is 0 Å². The van der Waals surface area contributed by atoms with Crippen LogP contribution in [0.4, 0.5) is 37.7 Å². The van der Waals surface area contributed by atoms with E-state index in [1.807, 2.05) is 12.1 Å². The lowest BCUT2D eigenvalue weighted by atomic mass is 9.96. The molecule has 7 rings (SSSR count). The van der Waals surface area contributed by atoms with Gasteiger partial charge in [0.05, 0.1) is 33.5 Å². The predicted octanol–water partition coefficient (Wildman–Crippen LogP) is 6.80. The third-order valence-corrected chi connectivity index (χ3v) is 9.11. The number of benzene rings is 4. The molecule has 51 heavy (non-hydrogen) atoms. The zero-order chi connectivity index (χ0) is 35.8. The Morgan fingerprint density at radius 1 is 0.608 bits per heavy atom. The summed E-state index contributed by atoms with van der Waals surface area (Å²) in [6.07, 6.45) is -7.15. The van der Waals surface area contributed by atoms with E-state index in [9.17, 15) is 35.9 Å². The number of aromatic nitrogens is 2. The molecule has 270 valence electrons. The van der Waals surface area contributed by atoms with Crippen molar-refractivity contribution in [1.82, 2.24) is 19.8 Å². The van der Waals surface area contributed by atoms with E-state index in [1.165, 1.54) is 24.3 Å². The summed E-state index contributed by atoms with van der Waals surface area (Å²) < 4.78 is 75.7. The van der Waals surface area contributed by atoms with Gasteiger partial charge in [0.1, 0.15) is 0 Å². The largest absolute Gasteiger partial charge is 0.416 e. The van der Waals surface area contributed by atoms with Gasteiger partial charge in [-0.15, -0.1) is 17.0 Å². The van der Waals surface area contributed by atoms with Crippen molar-refractivity contribution in [2.75, 3.05) is 24.6 Å². The van der Waals surface area contributed by atoms with Gasteiger partial charge in [-0.2, -0.15) is 26.3 Å². The van der Waals surface area contributed by atoms with Gasteiger partial charge >= 0.3 is 23.5 Å². The number of anilines is 2. The lowest BCUT2D eigenvalue weighted by molar-refractivity contribution is -0.138. The van der Waals surface area contributed by atoms with Crippen molar-refractivity contribution in [3.63, 3.8) is 0 Å². The Hall–Kier alpha value is -4.60. The molecule has 0 aliphatic carbocycles. The van der Waals surface area contributed by atoms with Crippen LogP contribution in [0.15, 0.2) is 82.4 Å². The topological polar surface area (TPSA) is 124 Å². The fourth-order valence-electron chi connectivity index (χ4n) is 6.46. The molecule has 2 aliphatic rings. The quantitative estimate of drug-likeness (QED) is 0.0905. The number of aromatic amines is 2. The number of halogens is 7. The summed E-state index contributed by atoms with van der Waals surface area (Å²) in [7, 11) is 0. The number of alkyl halides is 6. The van der Waals surface area contributed by atoms with Gasteiger partial charge in [0.25, 0.3) is 0 Å². The maximum Gasteiger partial charge on any atom is 0.416 e. The first kappa shape index (κ1) is 37.7. The molecule has 15 heteroatoms. The minimum absolute atomic E-state index is 0. The molecule has 0 radical (unpaired) electrons. The second-order valence-electron chi connectivity index (χ2n) is 12.6. The third kappa shape index (κ3) is 8.65. The molecule has 3 heterocycles. The molecule has 0 bridgehead atoms. The van der Waals surface area contributed by atoms with E-state index in [0.717, 1.165) is 77.2 Å². The number of H-pyrrole nitrogens is 2. The van der Waals surface area contributed by atoms with E-state index in [1.54, 1.807) is 12.1 Å². The zero-order valence-corrected chi connectivity index (χ0v) is 28.8. The van der Waals surface area contributed by atoms with Crippen molar-refractivity contribution < 1.29 is 26.3 Å². The summed E-state index contributed by atoms with van der Waals surface area (Å²) in [4.78, 5) is 32.6. The van der Waals surface area contributed by atoms with Crippen LogP contribution in [-0.4, -0.2) is 32.9 Å². The summed E-state index contributed by atoms with van der Waals surface area (Å²) in [6, 6.07) is 18.0. The third-order valence-electron chi connectivity index (χ3n) is 9.11. The molecule has 1 aromatic heterocycles. The van der Waals surface area contributed by atoms with Crippen LogP contribution in [0.5, 0.6) is 0 Å². The zero-order valence-electron chi connectivity index (χ0n) is 27.1. The van der Waals surface area contributed by atoms with Gasteiger partial charge in [0, 0.05) is 39.3 Å². The Bertz CT molecular complexity index is 2130. The van der Waals surface area contributed by atoms with Crippen LogP contribution in [0.2, 0.25) is 0 Å². The lowest BCUT2D eigenvalue weighted by Gasteiger charge is -2.30. The van der Waals surface area contributed by atoms with Crippen LogP contribution >= 0.6 is 17.0 Å². The number of nitrogens with two attached hydrogens (primary N) is 2. The summed E-state index contributed by atoms with van der Waals surface area (Å²) in [5.74, 6) is 0. The highest BCUT2D eigenvalue weighted by molar-refractivity contribution is 8.93. The summed E-state index contributed by atoms with van der Waals surface area (Å²) >= 11 is 0. The van der Waals surface area contributed by atoms with Crippen molar-refractivity contribution in [2.24, 2.45) is 0 Å². The summed E-state index contributed by atoms with van der Waals surface area (Å²) in [5.41, 5.74) is 17.6. The standard InChI is InChI=1S/C19H16F3N3O2.C17H18F3N3.BrH/c20-19(21,22)13-4-1-11(2-5-13)9-25-8-7-14-12(10-25)3-6-15-16(14)24-18(27)17(26)23-15;18-17(19,20)13-4-1-11(2-5-13)9-23-8-7-14-12(10-23)3-6-15(21)16(14)22;/h1-6H,7-10H2,(H,23,26)(H,24,27);1-6H,7-10,21-22H2;1H. The predicted molar refractivity (Wildman–Crippen MR) is 189 cm³/mol. The van der Waals surface area contributed by atoms with Gasteiger partial charge in [-0.1, -0.05) is 36.4 Å². The smallest absolute Gasteiger partial charge is 0.397 e. The van der Waals surface area contributed by atoms with Gasteiger partial charge in [-0.25, -0.2) is 0 Å². The van der Waals surface area contributed by atoms with Crippen LogP contribution in [-0.2, 0) is 51.4 Å². The first-order chi connectivity index (χ1) is 23.7. The maximum absolute atomic E-state index is 12.7. The van der Waals surface area contributed by atoms with Gasteiger partial charge < -0.3 is 21.4 Å². The van der Waals surface area contributed by atoms with E-state index in [4.69, 9.17) is 11.5 Å². The normalized spacial score (nSPS) is 14.9. The Kier molecular flexibility index (Phi) is 11.0. The molecular formula is C36H35BrF6N6O2. The molecule has 8 nitrogen and oxygen atoms in total. The van der Waals surface area contributed by atoms with Crippen LogP contribution in [0, 0.1) is 0 Å². The Morgan fingerprint density at radius 2 is 1.06 bits per heavy atom. The van der Waals surface area contributed by atoms with Crippen molar-refractivity contribution in [2.45, 2.75) is 51.4 Å². The fourth-order valence-corrected chi connectivity index (χ4v) is 6.46. The first-order valence-corrected chi connectivity index (χ1v) is 15.9. The van der Waals surface area contributed by atoms with Crippen LogP contribution in [0.1, 0.15) is 44.5 Å². The minimum atomic E-state index is -4.33. The maximum atomic E-state index is 12.7. The molecule has 4 aromatic carbocycles. The van der Waals surface area contributed by atoms with Crippen LogP contribution in [0.3, 0.4) is 0 Å². The number of nitrogens with one attached hydrogen (secondary N) is 2. The highest BCUT2D eigenvalue weighted by Crippen LogP contribution is 2.32. The van der Waals surface area contributed by atoms with E-state index >= 15 is 0 Å². The Balaban J connectivity index is 0.000000196. The molecule has 5 aromatic rings. The van der Waals surface area contributed by atoms with Crippen LogP contribution < -0.4 is 22.6 Å². The molecule has 0 atom stereocenters. The highest BCUT2D eigenvalue weighted by atomic mass is 79.9. The molecule has 6 N–H and O–H groups in total. The second kappa shape index (κ2) is 14.9. The number of hydrogen-bond donors (Lipinski definition) is 4. The molecule has 0 unspecified atom stereocenters. The lowest BCUT2D eigenvalue weighted by Crippen LogP contribution is -2.32. The average molecular weight is 778 g/mol. The Labute approximate surface area is 298 Å². The number of fused-ring (bicyclic) bond motifs is 4. The monoisotopic (exact) mass is 776 g/mol. The average Bonchev–Trinajstić information content (AvgIpc) is 3.07. The molecule has 0 amide bonds. The van der Waals surface area contributed by atoms with E-state index in [2.05, 4.69) is 19.8 Å². The second-order valence-corrected chi connectivity index (χ2v) is 12.6. The Morgan fingerprint density at radius 3 is 1.57 bits per heavy atom. The van der Waals surface area contributed by atoms with E-state index in [0.29, 0.717) is 55.0 Å². The van der Waals surface area contributed by atoms with Crippen molar-refractivity contribution >= 4 is 39.4 Å². The molecule has 0 saturated carbocycles. The van der Waals surface area contributed by atoms with Crippen molar-refractivity contribution in [1.29, 1.82) is 0 Å². The van der Waals surface area contributed by atoms with E-state index < -0.39 is 34.6 Å².